The second-order valence-corrected chi connectivity index (χ2v) is 8.81. The highest BCUT2D eigenvalue weighted by Crippen LogP contribution is 2.62. The Kier molecular flexibility index (Phi) is 3.98. The standard InChI is InChI=1S/C16H22BrNS/c17-13-4-6-14(7-5-13)19-16(12-18)10-15(11-16)8-2-1-3-9-15/h4-7H,1-3,8-12,18H2. The van der Waals surface area contributed by atoms with Crippen LogP contribution >= 0.6 is 27.7 Å². The largest absolute Gasteiger partial charge is 0.329 e. The molecule has 2 aliphatic rings. The molecule has 19 heavy (non-hydrogen) atoms. The average molecular weight is 340 g/mol. The summed E-state index contributed by atoms with van der Waals surface area (Å²) in [7, 11) is 0. The molecule has 0 heterocycles. The summed E-state index contributed by atoms with van der Waals surface area (Å²) in [6.45, 7) is 0.815. The Morgan fingerprint density at radius 2 is 1.68 bits per heavy atom. The third kappa shape index (κ3) is 2.88. The van der Waals surface area contributed by atoms with Crippen LogP contribution in [0.2, 0.25) is 0 Å². The van der Waals surface area contributed by atoms with Crippen LogP contribution in [0.15, 0.2) is 33.6 Å². The van der Waals surface area contributed by atoms with E-state index in [-0.39, 0.29) is 0 Å². The van der Waals surface area contributed by atoms with Crippen molar-refractivity contribution in [3.63, 3.8) is 0 Å². The fraction of sp³-hybridized carbons (Fsp3) is 0.625. The number of hydrogen-bond donors (Lipinski definition) is 1. The number of rotatable bonds is 3. The predicted molar refractivity (Wildman–Crippen MR) is 86.5 cm³/mol. The molecule has 0 saturated heterocycles. The van der Waals surface area contributed by atoms with Crippen molar-refractivity contribution in [2.45, 2.75) is 54.6 Å². The lowest BCUT2D eigenvalue weighted by Gasteiger charge is -2.57. The van der Waals surface area contributed by atoms with Gasteiger partial charge in [0.05, 0.1) is 0 Å². The molecule has 1 nitrogen and oxygen atoms in total. The van der Waals surface area contributed by atoms with Crippen molar-refractivity contribution in [2.75, 3.05) is 6.54 Å². The van der Waals surface area contributed by atoms with E-state index in [1.54, 1.807) is 0 Å². The molecule has 1 spiro atoms. The van der Waals surface area contributed by atoms with Crippen LogP contribution in [-0.2, 0) is 0 Å². The van der Waals surface area contributed by atoms with Crippen LogP contribution in [-0.4, -0.2) is 11.3 Å². The second kappa shape index (κ2) is 5.42. The van der Waals surface area contributed by atoms with E-state index >= 15 is 0 Å². The minimum atomic E-state index is 0.311. The van der Waals surface area contributed by atoms with Crippen LogP contribution in [0.5, 0.6) is 0 Å². The average Bonchev–Trinajstić information content (AvgIpc) is 2.40. The van der Waals surface area contributed by atoms with Crippen LogP contribution < -0.4 is 5.73 Å². The molecule has 1 aromatic carbocycles. The zero-order chi connectivity index (χ0) is 13.3. The molecule has 0 aliphatic heterocycles. The zero-order valence-corrected chi connectivity index (χ0v) is 13.7. The van der Waals surface area contributed by atoms with Gasteiger partial charge in [-0.3, -0.25) is 0 Å². The second-order valence-electron chi connectivity index (χ2n) is 6.36. The molecule has 0 unspecified atom stereocenters. The van der Waals surface area contributed by atoms with Gasteiger partial charge in [0.15, 0.2) is 0 Å². The van der Waals surface area contributed by atoms with E-state index in [0.29, 0.717) is 10.2 Å². The first-order valence-corrected chi connectivity index (χ1v) is 8.91. The van der Waals surface area contributed by atoms with Crippen molar-refractivity contribution < 1.29 is 0 Å². The normalized spacial score (nSPS) is 24.1. The Labute approximate surface area is 128 Å². The van der Waals surface area contributed by atoms with E-state index in [0.717, 1.165) is 11.0 Å². The van der Waals surface area contributed by atoms with Crippen LogP contribution in [0.3, 0.4) is 0 Å². The lowest BCUT2D eigenvalue weighted by Crippen LogP contribution is -2.54. The fourth-order valence-electron chi connectivity index (χ4n) is 3.98. The lowest BCUT2D eigenvalue weighted by atomic mass is 9.55. The molecule has 1 aromatic rings. The summed E-state index contributed by atoms with van der Waals surface area (Å²) in [6, 6.07) is 8.67. The summed E-state index contributed by atoms with van der Waals surface area (Å²) >= 11 is 5.50. The molecule has 2 fully saturated rings. The van der Waals surface area contributed by atoms with Gasteiger partial charge >= 0.3 is 0 Å². The third-order valence-corrected chi connectivity index (χ3v) is 6.75. The molecule has 2 N–H and O–H groups in total. The van der Waals surface area contributed by atoms with Gasteiger partial charge in [0, 0.05) is 20.7 Å². The van der Waals surface area contributed by atoms with Gasteiger partial charge < -0.3 is 5.73 Å². The molecule has 0 aromatic heterocycles. The topological polar surface area (TPSA) is 26.0 Å². The number of hydrogen-bond acceptors (Lipinski definition) is 2. The fourth-order valence-corrected chi connectivity index (χ4v) is 5.86. The van der Waals surface area contributed by atoms with E-state index in [9.17, 15) is 0 Å². The first-order valence-electron chi connectivity index (χ1n) is 7.30. The van der Waals surface area contributed by atoms with Gasteiger partial charge in [-0.15, -0.1) is 11.8 Å². The lowest BCUT2D eigenvalue weighted by molar-refractivity contribution is 0.0402. The maximum Gasteiger partial charge on any atom is 0.0339 e. The quantitative estimate of drug-likeness (QED) is 0.839. The van der Waals surface area contributed by atoms with Gasteiger partial charge in [0.2, 0.25) is 0 Å². The van der Waals surface area contributed by atoms with Gasteiger partial charge in [0.1, 0.15) is 0 Å². The van der Waals surface area contributed by atoms with E-state index < -0.39 is 0 Å². The summed E-state index contributed by atoms with van der Waals surface area (Å²) in [5.74, 6) is 0. The summed E-state index contributed by atoms with van der Waals surface area (Å²) in [5, 5.41) is 0. The van der Waals surface area contributed by atoms with Crippen molar-refractivity contribution >= 4 is 27.7 Å². The summed E-state index contributed by atoms with van der Waals surface area (Å²) in [5.41, 5.74) is 6.76. The maximum absolute atomic E-state index is 6.11. The monoisotopic (exact) mass is 339 g/mol. The van der Waals surface area contributed by atoms with Gasteiger partial charge in [0.25, 0.3) is 0 Å². The van der Waals surface area contributed by atoms with Gasteiger partial charge in [-0.1, -0.05) is 35.2 Å². The zero-order valence-electron chi connectivity index (χ0n) is 11.3. The number of halogens is 1. The minimum Gasteiger partial charge on any atom is -0.329 e. The molecular formula is C16H22BrNS. The Bertz CT molecular complexity index is 429. The Hall–Kier alpha value is 0.01000. The Morgan fingerprint density at radius 3 is 2.26 bits per heavy atom. The van der Waals surface area contributed by atoms with Gasteiger partial charge in [-0.2, -0.15) is 0 Å². The Morgan fingerprint density at radius 1 is 1.05 bits per heavy atom. The van der Waals surface area contributed by atoms with E-state index in [4.69, 9.17) is 5.73 Å². The molecule has 0 radical (unpaired) electrons. The minimum absolute atomic E-state index is 0.311. The molecular weight excluding hydrogens is 318 g/mol. The first-order chi connectivity index (χ1) is 9.15. The molecule has 2 aliphatic carbocycles. The van der Waals surface area contributed by atoms with Crippen molar-refractivity contribution in [1.29, 1.82) is 0 Å². The first kappa shape index (κ1) is 14.0. The van der Waals surface area contributed by atoms with E-state index in [2.05, 4.69) is 40.2 Å². The van der Waals surface area contributed by atoms with Crippen LogP contribution in [0, 0.1) is 5.41 Å². The predicted octanol–water partition coefficient (Wildman–Crippen LogP) is 4.98. The highest BCUT2D eigenvalue weighted by Gasteiger charge is 2.53. The number of thioether (sulfide) groups is 1. The van der Waals surface area contributed by atoms with Crippen molar-refractivity contribution in [2.24, 2.45) is 11.1 Å². The third-order valence-electron chi connectivity index (χ3n) is 4.83. The van der Waals surface area contributed by atoms with Crippen molar-refractivity contribution in [3.8, 4) is 0 Å². The molecule has 2 saturated carbocycles. The summed E-state index contributed by atoms with van der Waals surface area (Å²) in [4.78, 5) is 1.36. The highest BCUT2D eigenvalue weighted by atomic mass is 79.9. The molecule has 104 valence electrons. The van der Waals surface area contributed by atoms with Crippen LogP contribution in [0.1, 0.15) is 44.9 Å². The van der Waals surface area contributed by atoms with Gasteiger partial charge in [-0.05, 0) is 55.4 Å². The molecule has 3 rings (SSSR count). The highest BCUT2D eigenvalue weighted by molar-refractivity contribution is 9.10. The van der Waals surface area contributed by atoms with E-state index in [1.807, 2.05) is 11.8 Å². The molecule has 0 bridgehead atoms. The van der Waals surface area contributed by atoms with Crippen molar-refractivity contribution in [3.05, 3.63) is 28.7 Å². The van der Waals surface area contributed by atoms with Crippen molar-refractivity contribution in [1.82, 2.24) is 0 Å². The SMILES string of the molecule is NCC1(Sc2ccc(Br)cc2)CC2(CCCCC2)C1. The Balaban J connectivity index is 1.67. The summed E-state index contributed by atoms with van der Waals surface area (Å²) < 4.78 is 1.46. The molecule has 0 atom stereocenters. The molecule has 3 heteroatoms. The number of nitrogens with two attached hydrogens (primary N) is 1. The number of benzene rings is 1. The van der Waals surface area contributed by atoms with Gasteiger partial charge in [-0.25, -0.2) is 0 Å². The smallest absolute Gasteiger partial charge is 0.0339 e. The van der Waals surface area contributed by atoms with E-state index in [1.165, 1.54) is 49.8 Å². The van der Waals surface area contributed by atoms with Crippen LogP contribution in [0.25, 0.3) is 0 Å². The van der Waals surface area contributed by atoms with Crippen LogP contribution in [0.4, 0.5) is 0 Å². The summed E-state index contributed by atoms with van der Waals surface area (Å²) in [6.07, 6.45) is 9.85. The maximum atomic E-state index is 6.11. The molecule has 0 amide bonds.